The van der Waals surface area contributed by atoms with E-state index in [1.54, 1.807) is 17.0 Å². The first-order chi connectivity index (χ1) is 13.1. The van der Waals surface area contributed by atoms with Gasteiger partial charge in [0.05, 0.1) is 23.9 Å². The van der Waals surface area contributed by atoms with Crippen LogP contribution in [0, 0.1) is 5.82 Å². The average Bonchev–Trinajstić information content (AvgIpc) is 2.97. The lowest BCUT2D eigenvalue weighted by molar-refractivity contribution is -0.125. The number of amides is 3. The third kappa shape index (κ3) is 3.56. The summed E-state index contributed by atoms with van der Waals surface area (Å²) >= 11 is 0. The molecule has 0 spiro atoms. The summed E-state index contributed by atoms with van der Waals surface area (Å²) in [5, 5.41) is 5.48. The molecule has 2 aromatic rings. The summed E-state index contributed by atoms with van der Waals surface area (Å²) in [6, 6.07) is 15.1. The predicted octanol–water partition coefficient (Wildman–Crippen LogP) is 2.91. The molecule has 0 aromatic heterocycles. The maximum absolute atomic E-state index is 13.6. The number of nitrogens with zero attached hydrogens (tertiary/aromatic N) is 1. The summed E-state index contributed by atoms with van der Waals surface area (Å²) < 4.78 is 13.6. The first kappa shape index (κ1) is 17.3. The van der Waals surface area contributed by atoms with Gasteiger partial charge in [0.1, 0.15) is 5.82 Å². The van der Waals surface area contributed by atoms with Gasteiger partial charge in [0, 0.05) is 6.54 Å². The number of hydrogen-bond donors (Lipinski definition) is 2. The van der Waals surface area contributed by atoms with E-state index in [2.05, 4.69) is 22.8 Å². The van der Waals surface area contributed by atoms with Crippen molar-refractivity contribution in [3.05, 3.63) is 82.8 Å². The van der Waals surface area contributed by atoms with Crippen LogP contribution < -0.4 is 10.6 Å². The van der Waals surface area contributed by atoms with E-state index in [1.165, 1.54) is 17.7 Å². The number of aryl methyl sites for hydroxylation is 1. The number of carbonyl (C=O) groups is 2. The Balaban J connectivity index is 1.48. The normalized spacial score (nSPS) is 19.0. The summed E-state index contributed by atoms with van der Waals surface area (Å²) in [7, 11) is 0. The van der Waals surface area contributed by atoms with Crippen LogP contribution in [0.15, 0.2) is 65.9 Å². The van der Waals surface area contributed by atoms with Crippen molar-refractivity contribution >= 4 is 11.9 Å². The van der Waals surface area contributed by atoms with Gasteiger partial charge in [-0.3, -0.25) is 4.79 Å². The molecule has 0 saturated carbocycles. The Morgan fingerprint density at radius 2 is 1.89 bits per heavy atom. The zero-order chi connectivity index (χ0) is 18.8. The molecule has 0 saturated heterocycles. The van der Waals surface area contributed by atoms with Gasteiger partial charge < -0.3 is 15.5 Å². The molecular formula is C21H20FN3O2. The number of carbonyl (C=O) groups excluding carboxylic acids is 2. The van der Waals surface area contributed by atoms with Gasteiger partial charge in [-0.1, -0.05) is 42.5 Å². The summed E-state index contributed by atoms with van der Waals surface area (Å²) in [5.41, 5.74) is 2.91. The van der Waals surface area contributed by atoms with E-state index in [0.29, 0.717) is 29.9 Å². The van der Waals surface area contributed by atoms with E-state index >= 15 is 0 Å². The number of benzene rings is 2. The molecule has 2 aliphatic heterocycles. The van der Waals surface area contributed by atoms with Crippen molar-refractivity contribution in [3.8, 4) is 0 Å². The van der Waals surface area contributed by atoms with Crippen LogP contribution in [0.2, 0.25) is 0 Å². The molecule has 3 amide bonds. The topological polar surface area (TPSA) is 61.4 Å². The summed E-state index contributed by atoms with van der Waals surface area (Å²) in [5.74, 6) is -0.507. The molecule has 0 radical (unpaired) electrons. The Morgan fingerprint density at radius 1 is 1.07 bits per heavy atom. The van der Waals surface area contributed by atoms with Crippen molar-refractivity contribution in [1.29, 1.82) is 0 Å². The number of hydrogen-bond acceptors (Lipinski definition) is 2. The Kier molecular flexibility index (Phi) is 4.62. The number of urea groups is 1. The van der Waals surface area contributed by atoms with Gasteiger partial charge in [-0.25, -0.2) is 9.18 Å². The van der Waals surface area contributed by atoms with Gasteiger partial charge in [-0.05, 0) is 36.1 Å². The van der Waals surface area contributed by atoms with Crippen LogP contribution >= 0.6 is 0 Å². The van der Waals surface area contributed by atoms with Crippen molar-refractivity contribution < 1.29 is 14.0 Å². The van der Waals surface area contributed by atoms with E-state index in [-0.39, 0.29) is 11.9 Å². The maximum Gasteiger partial charge on any atom is 0.319 e. The van der Waals surface area contributed by atoms with Crippen molar-refractivity contribution in [2.45, 2.75) is 18.9 Å². The van der Waals surface area contributed by atoms with E-state index in [0.717, 1.165) is 12.8 Å². The van der Waals surface area contributed by atoms with Crippen molar-refractivity contribution in [3.63, 3.8) is 0 Å². The molecule has 6 heteroatoms. The van der Waals surface area contributed by atoms with Gasteiger partial charge in [-0.2, -0.15) is 0 Å². The predicted molar refractivity (Wildman–Crippen MR) is 99.2 cm³/mol. The van der Waals surface area contributed by atoms with E-state index in [1.807, 2.05) is 18.2 Å². The number of nitrogens with one attached hydrogen (secondary N) is 2. The minimum atomic E-state index is -0.629. The second-order valence-electron chi connectivity index (χ2n) is 6.79. The molecular weight excluding hydrogens is 345 g/mol. The maximum atomic E-state index is 13.6. The molecule has 0 aliphatic carbocycles. The van der Waals surface area contributed by atoms with Crippen LogP contribution in [0.4, 0.5) is 9.18 Å². The Hall–Kier alpha value is -3.15. The highest BCUT2D eigenvalue weighted by molar-refractivity contribution is 6.01. The molecule has 0 unspecified atom stereocenters. The average molecular weight is 365 g/mol. The van der Waals surface area contributed by atoms with Crippen molar-refractivity contribution in [1.82, 2.24) is 15.5 Å². The summed E-state index contributed by atoms with van der Waals surface area (Å²) in [6.45, 7) is 0.981. The fraction of sp³-hybridized carbons (Fsp3) is 0.238. The van der Waals surface area contributed by atoms with Crippen molar-refractivity contribution in [2.24, 2.45) is 0 Å². The van der Waals surface area contributed by atoms with Crippen LogP contribution in [0.1, 0.15) is 23.6 Å². The highest BCUT2D eigenvalue weighted by Gasteiger charge is 2.40. The van der Waals surface area contributed by atoms with Gasteiger partial charge in [0.25, 0.3) is 5.91 Å². The van der Waals surface area contributed by atoms with Crippen LogP contribution in [-0.4, -0.2) is 29.9 Å². The third-order valence-corrected chi connectivity index (χ3v) is 4.94. The second kappa shape index (κ2) is 7.23. The fourth-order valence-electron chi connectivity index (χ4n) is 3.66. The molecule has 0 bridgehead atoms. The van der Waals surface area contributed by atoms with Gasteiger partial charge in [-0.15, -0.1) is 0 Å². The lowest BCUT2D eigenvalue weighted by Gasteiger charge is -2.25. The lowest BCUT2D eigenvalue weighted by Crippen LogP contribution is -2.44. The summed E-state index contributed by atoms with van der Waals surface area (Å²) in [4.78, 5) is 26.7. The summed E-state index contributed by atoms with van der Waals surface area (Å²) in [6.07, 6.45) is 1.72. The number of rotatable bonds is 5. The number of halogens is 1. The van der Waals surface area contributed by atoms with Crippen LogP contribution in [-0.2, 0) is 11.2 Å². The SMILES string of the molecule is O=C1NC2=C(C(=O)N(CCCc3ccccc3)C2)[C@H](c2cccc(F)c2)N1. The highest BCUT2D eigenvalue weighted by Crippen LogP contribution is 2.32. The first-order valence-electron chi connectivity index (χ1n) is 9.01. The molecule has 4 rings (SSSR count). The van der Waals surface area contributed by atoms with E-state index in [9.17, 15) is 14.0 Å². The monoisotopic (exact) mass is 365 g/mol. The Bertz CT molecular complexity index is 911. The van der Waals surface area contributed by atoms with Gasteiger partial charge >= 0.3 is 6.03 Å². The van der Waals surface area contributed by atoms with E-state index < -0.39 is 11.9 Å². The minimum Gasteiger partial charge on any atom is -0.333 e. The van der Waals surface area contributed by atoms with E-state index in [4.69, 9.17) is 0 Å². The standard InChI is InChI=1S/C21H20FN3O2/c22-16-10-4-9-15(12-16)19-18-17(23-21(27)24-19)13-25(20(18)26)11-5-8-14-6-2-1-3-7-14/h1-4,6-7,9-10,12,19H,5,8,11,13H2,(H2,23,24,27)/t19-/m0/s1. The zero-order valence-electron chi connectivity index (χ0n) is 14.7. The Morgan fingerprint density at radius 3 is 2.67 bits per heavy atom. The molecule has 2 aliphatic rings. The Labute approximate surface area is 156 Å². The zero-order valence-corrected chi connectivity index (χ0v) is 14.7. The first-order valence-corrected chi connectivity index (χ1v) is 9.01. The molecule has 138 valence electrons. The van der Waals surface area contributed by atoms with Gasteiger partial charge in [0.15, 0.2) is 0 Å². The van der Waals surface area contributed by atoms with Crippen LogP contribution in [0.5, 0.6) is 0 Å². The second-order valence-corrected chi connectivity index (χ2v) is 6.79. The quantitative estimate of drug-likeness (QED) is 0.856. The molecule has 5 nitrogen and oxygen atoms in total. The lowest BCUT2D eigenvalue weighted by atomic mass is 9.96. The molecule has 27 heavy (non-hydrogen) atoms. The molecule has 2 aromatic carbocycles. The van der Waals surface area contributed by atoms with Crippen molar-refractivity contribution in [2.75, 3.05) is 13.1 Å². The minimum absolute atomic E-state index is 0.111. The fourth-order valence-corrected chi connectivity index (χ4v) is 3.66. The molecule has 2 heterocycles. The largest absolute Gasteiger partial charge is 0.333 e. The molecule has 0 fully saturated rings. The third-order valence-electron chi connectivity index (χ3n) is 4.94. The smallest absolute Gasteiger partial charge is 0.319 e. The molecule has 1 atom stereocenters. The van der Waals surface area contributed by atoms with Gasteiger partial charge in [0.2, 0.25) is 0 Å². The highest BCUT2D eigenvalue weighted by atomic mass is 19.1. The van der Waals surface area contributed by atoms with Crippen LogP contribution in [0.3, 0.4) is 0 Å². The van der Waals surface area contributed by atoms with Crippen LogP contribution in [0.25, 0.3) is 0 Å². The molecule has 2 N–H and O–H groups in total.